The Morgan fingerprint density at radius 1 is 1.14 bits per heavy atom. The lowest BCUT2D eigenvalue weighted by Crippen LogP contribution is -2.22. The summed E-state index contributed by atoms with van der Waals surface area (Å²) in [6.45, 7) is 6.17. The van der Waals surface area contributed by atoms with Gasteiger partial charge in [0.15, 0.2) is 0 Å². The van der Waals surface area contributed by atoms with Gasteiger partial charge in [-0.05, 0) is 44.2 Å². The molecule has 0 saturated carbocycles. The number of aromatic hydroxyl groups is 1. The quantitative estimate of drug-likeness (QED) is 0.799. The number of anilines is 2. The largest absolute Gasteiger partial charge is 0.508 e. The number of phenols is 1. The van der Waals surface area contributed by atoms with E-state index < -0.39 is 0 Å². The lowest BCUT2D eigenvalue weighted by molar-refractivity contribution is 0.336. The van der Waals surface area contributed by atoms with Crippen molar-refractivity contribution >= 4 is 11.4 Å². The molecule has 2 aromatic carbocycles. The van der Waals surface area contributed by atoms with Crippen molar-refractivity contribution in [3.8, 4) is 11.5 Å². The van der Waals surface area contributed by atoms with Crippen LogP contribution in [0.2, 0.25) is 0 Å². The van der Waals surface area contributed by atoms with E-state index in [0.29, 0.717) is 13.2 Å². The van der Waals surface area contributed by atoms with E-state index in [2.05, 4.69) is 11.8 Å². The molecule has 2 rings (SSSR count). The third-order valence-corrected chi connectivity index (χ3v) is 3.32. The third kappa shape index (κ3) is 3.81. The monoisotopic (exact) mass is 286 g/mol. The van der Waals surface area contributed by atoms with Gasteiger partial charge in [0.25, 0.3) is 0 Å². The van der Waals surface area contributed by atoms with E-state index in [9.17, 15) is 5.11 Å². The highest BCUT2D eigenvalue weighted by molar-refractivity contribution is 5.54. The highest BCUT2D eigenvalue weighted by Gasteiger charge is 2.10. The van der Waals surface area contributed by atoms with Gasteiger partial charge in [-0.1, -0.05) is 6.07 Å². The van der Waals surface area contributed by atoms with Crippen LogP contribution < -0.4 is 15.4 Å². The SMILES string of the molecule is CCOc1ccc(N)cc1CN(CC)c1cccc(O)c1. The zero-order valence-electron chi connectivity index (χ0n) is 12.5. The summed E-state index contributed by atoms with van der Waals surface area (Å²) in [6.07, 6.45) is 0. The molecule has 0 spiro atoms. The fourth-order valence-electron chi connectivity index (χ4n) is 2.30. The van der Waals surface area contributed by atoms with E-state index in [0.717, 1.165) is 29.2 Å². The molecule has 0 aliphatic rings. The Balaban J connectivity index is 2.28. The van der Waals surface area contributed by atoms with E-state index in [1.54, 1.807) is 12.1 Å². The van der Waals surface area contributed by atoms with Crippen molar-refractivity contribution in [2.24, 2.45) is 0 Å². The highest BCUT2D eigenvalue weighted by Crippen LogP contribution is 2.27. The molecule has 0 radical (unpaired) electrons. The van der Waals surface area contributed by atoms with Crippen LogP contribution in [0.1, 0.15) is 19.4 Å². The molecule has 0 fully saturated rings. The zero-order valence-corrected chi connectivity index (χ0v) is 12.5. The van der Waals surface area contributed by atoms with Crippen molar-refractivity contribution in [3.63, 3.8) is 0 Å². The first kappa shape index (κ1) is 15.0. The van der Waals surface area contributed by atoms with E-state index in [1.165, 1.54) is 0 Å². The van der Waals surface area contributed by atoms with Crippen molar-refractivity contribution < 1.29 is 9.84 Å². The molecule has 2 aromatic rings. The summed E-state index contributed by atoms with van der Waals surface area (Å²) in [4.78, 5) is 2.16. The van der Waals surface area contributed by atoms with E-state index in [4.69, 9.17) is 10.5 Å². The Morgan fingerprint density at radius 3 is 2.62 bits per heavy atom. The average molecular weight is 286 g/mol. The number of phenolic OH excluding ortho intramolecular Hbond substituents is 1. The topological polar surface area (TPSA) is 58.7 Å². The molecule has 0 unspecified atom stereocenters. The molecule has 3 N–H and O–H groups in total. The summed E-state index contributed by atoms with van der Waals surface area (Å²) in [5, 5.41) is 9.64. The number of nitrogen functional groups attached to an aromatic ring is 1. The molecule has 4 nitrogen and oxygen atoms in total. The third-order valence-electron chi connectivity index (χ3n) is 3.32. The Morgan fingerprint density at radius 2 is 1.95 bits per heavy atom. The van der Waals surface area contributed by atoms with Crippen LogP contribution in [0.5, 0.6) is 11.5 Å². The Labute approximate surface area is 125 Å². The molecule has 21 heavy (non-hydrogen) atoms. The molecule has 0 bridgehead atoms. The minimum atomic E-state index is 0.267. The van der Waals surface area contributed by atoms with Gasteiger partial charge in [0.05, 0.1) is 6.61 Å². The van der Waals surface area contributed by atoms with Crippen molar-refractivity contribution in [1.29, 1.82) is 0 Å². The first-order chi connectivity index (χ1) is 10.1. The molecule has 0 aromatic heterocycles. The Hall–Kier alpha value is -2.36. The van der Waals surface area contributed by atoms with Crippen LogP contribution in [-0.4, -0.2) is 18.3 Å². The van der Waals surface area contributed by atoms with Gasteiger partial charge in [-0.2, -0.15) is 0 Å². The van der Waals surface area contributed by atoms with Gasteiger partial charge in [-0.3, -0.25) is 0 Å². The van der Waals surface area contributed by atoms with Gasteiger partial charge in [-0.15, -0.1) is 0 Å². The smallest absolute Gasteiger partial charge is 0.124 e. The average Bonchev–Trinajstić information content (AvgIpc) is 2.47. The summed E-state index contributed by atoms with van der Waals surface area (Å²) in [5.41, 5.74) is 8.63. The van der Waals surface area contributed by atoms with Crippen molar-refractivity contribution in [1.82, 2.24) is 0 Å². The van der Waals surface area contributed by atoms with Crippen LogP contribution >= 0.6 is 0 Å². The van der Waals surface area contributed by atoms with Crippen molar-refractivity contribution in [2.75, 3.05) is 23.8 Å². The van der Waals surface area contributed by atoms with Crippen LogP contribution in [-0.2, 0) is 6.54 Å². The normalized spacial score (nSPS) is 10.4. The van der Waals surface area contributed by atoms with Crippen LogP contribution in [0.25, 0.3) is 0 Å². The summed E-state index contributed by atoms with van der Waals surface area (Å²) in [7, 11) is 0. The Kier molecular flexibility index (Phi) is 4.93. The second-order valence-corrected chi connectivity index (χ2v) is 4.83. The van der Waals surface area contributed by atoms with Crippen LogP contribution in [0.3, 0.4) is 0 Å². The predicted octanol–water partition coefficient (Wildman–Crippen LogP) is 3.40. The molecule has 0 atom stereocenters. The molecule has 4 heteroatoms. The summed E-state index contributed by atoms with van der Waals surface area (Å²) < 4.78 is 5.67. The van der Waals surface area contributed by atoms with Gasteiger partial charge in [-0.25, -0.2) is 0 Å². The number of rotatable bonds is 6. The minimum Gasteiger partial charge on any atom is -0.508 e. The zero-order chi connectivity index (χ0) is 15.2. The van der Waals surface area contributed by atoms with E-state index >= 15 is 0 Å². The van der Waals surface area contributed by atoms with Crippen LogP contribution in [0.4, 0.5) is 11.4 Å². The number of nitrogens with two attached hydrogens (primary N) is 1. The lowest BCUT2D eigenvalue weighted by Gasteiger charge is -2.24. The molecular formula is C17H22N2O2. The number of nitrogens with zero attached hydrogens (tertiary/aromatic N) is 1. The first-order valence-electron chi connectivity index (χ1n) is 7.19. The van der Waals surface area contributed by atoms with Crippen LogP contribution in [0.15, 0.2) is 42.5 Å². The molecule has 0 aliphatic carbocycles. The minimum absolute atomic E-state index is 0.267. The molecule has 112 valence electrons. The maximum atomic E-state index is 9.64. The maximum absolute atomic E-state index is 9.64. The van der Waals surface area contributed by atoms with Crippen molar-refractivity contribution in [2.45, 2.75) is 20.4 Å². The fraction of sp³-hybridized carbons (Fsp3) is 0.294. The second-order valence-electron chi connectivity index (χ2n) is 4.83. The molecule has 0 saturated heterocycles. The predicted molar refractivity (Wildman–Crippen MR) is 86.9 cm³/mol. The van der Waals surface area contributed by atoms with E-state index in [-0.39, 0.29) is 5.75 Å². The van der Waals surface area contributed by atoms with Gasteiger partial charge in [0, 0.05) is 36.1 Å². The van der Waals surface area contributed by atoms with Crippen molar-refractivity contribution in [3.05, 3.63) is 48.0 Å². The van der Waals surface area contributed by atoms with Gasteiger partial charge < -0.3 is 20.5 Å². The molecular weight excluding hydrogens is 264 g/mol. The lowest BCUT2D eigenvalue weighted by atomic mass is 10.1. The van der Waals surface area contributed by atoms with E-state index in [1.807, 2.05) is 37.3 Å². The molecule has 0 aliphatic heterocycles. The number of benzene rings is 2. The van der Waals surface area contributed by atoms with Gasteiger partial charge in [0.1, 0.15) is 11.5 Å². The summed E-state index contributed by atoms with van der Waals surface area (Å²) >= 11 is 0. The molecule has 0 amide bonds. The fourth-order valence-corrected chi connectivity index (χ4v) is 2.30. The molecule has 0 heterocycles. The highest BCUT2D eigenvalue weighted by atomic mass is 16.5. The Bertz CT molecular complexity index is 599. The summed E-state index contributed by atoms with van der Waals surface area (Å²) in [5.74, 6) is 1.12. The second kappa shape index (κ2) is 6.88. The summed E-state index contributed by atoms with van der Waals surface area (Å²) in [6, 6.07) is 13.0. The number of hydrogen-bond acceptors (Lipinski definition) is 4. The van der Waals surface area contributed by atoms with Gasteiger partial charge in [0.2, 0.25) is 0 Å². The first-order valence-corrected chi connectivity index (χ1v) is 7.19. The van der Waals surface area contributed by atoms with Crippen LogP contribution in [0, 0.1) is 0 Å². The standard InChI is InChI=1S/C17H22N2O2/c1-3-19(15-6-5-7-16(20)11-15)12-13-10-14(18)8-9-17(13)21-4-2/h5-11,20H,3-4,12,18H2,1-2H3. The number of hydrogen-bond donors (Lipinski definition) is 2. The maximum Gasteiger partial charge on any atom is 0.124 e. The number of ether oxygens (including phenoxy) is 1. The van der Waals surface area contributed by atoms with Gasteiger partial charge >= 0.3 is 0 Å².